The number of ether oxygens (including phenoxy) is 1. The van der Waals surface area contributed by atoms with Crippen molar-refractivity contribution in [3.8, 4) is 0 Å². The molecule has 0 aliphatic rings. The molecule has 0 fully saturated rings. The minimum atomic E-state index is -2.47. The lowest BCUT2D eigenvalue weighted by Gasteiger charge is -2.33. The number of carbonyl (C=O) groups is 1. The summed E-state index contributed by atoms with van der Waals surface area (Å²) in [6.07, 6.45) is 0. The fourth-order valence-electron chi connectivity index (χ4n) is 1.61. The monoisotopic (exact) mass is 260 g/mol. The van der Waals surface area contributed by atoms with Crippen LogP contribution in [0.25, 0.3) is 0 Å². The minimum absolute atomic E-state index is 0.336. The third kappa shape index (κ3) is 4.61. The van der Waals surface area contributed by atoms with Crippen molar-refractivity contribution in [2.45, 2.75) is 46.4 Å². The van der Waals surface area contributed by atoms with Gasteiger partial charge < -0.3 is 13.6 Å². The largest absolute Gasteiger partial charge is 0.457 e. The van der Waals surface area contributed by atoms with Gasteiger partial charge in [-0.05, 0) is 33.7 Å². The topological polar surface area (TPSA) is 44.8 Å². The summed E-state index contributed by atoms with van der Waals surface area (Å²) in [6.45, 7) is 14.0. The highest BCUT2D eigenvalue weighted by Crippen LogP contribution is 2.21. The lowest BCUT2D eigenvalue weighted by molar-refractivity contribution is -0.141. The summed E-state index contributed by atoms with van der Waals surface area (Å²) in [5.41, 5.74) is 0.0560. The molecule has 1 atom stereocenters. The quantitative estimate of drug-likeness (QED) is 0.382. The van der Waals surface area contributed by atoms with Crippen LogP contribution in [0, 0.1) is 0 Å². The summed E-state index contributed by atoms with van der Waals surface area (Å²) in [5, 5.41) is 0. The molecule has 0 heterocycles. The van der Waals surface area contributed by atoms with Crippen LogP contribution in [0.3, 0.4) is 0 Å². The zero-order valence-corrected chi connectivity index (χ0v) is 12.5. The zero-order valence-electron chi connectivity index (χ0n) is 11.5. The van der Waals surface area contributed by atoms with Crippen LogP contribution < -0.4 is 0 Å². The van der Waals surface area contributed by atoms with Gasteiger partial charge in [-0.15, -0.1) is 0 Å². The van der Waals surface area contributed by atoms with E-state index in [0.717, 1.165) is 6.04 Å². The van der Waals surface area contributed by atoms with Crippen LogP contribution in [-0.4, -0.2) is 33.5 Å². The average Bonchev–Trinajstić information content (AvgIpc) is 2.28. The van der Waals surface area contributed by atoms with E-state index in [1.54, 1.807) is 6.92 Å². The van der Waals surface area contributed by atoms with Gasteiger partial charge in [-0.3, -0.25) is 0 Å². The van der Waals surface area contributed by atoms with E-state index in [2.05, 4.69) is 6.58 Å². The van der Waals surface area contributed by atoms with E-state index in [9.17, 15) is 4.79 Å². The third-order valence-electron chi connectivity index (χ3n) is 2.52. The first-order valence-electron chi connectivity index (χ1n) is 6.07. The first kappa shape index (κ1) is 16.3. The molecule has 0 spiro atoms. The maximum atomic E-state index is 11.5. The van der Waals surface area contributed by atoms with Crippen LogP contribution in [0.1, 0.15) is 34.6 Å². The lowest BCUT2D eigenvalue weighted by Crippen LogP contribution is -2.53. The molecule has 0 aliphatic carbocycles. The molecule has 0 amide bonds. The van der Waals surface area contributed by atoms with Gasteiger partial charge >= 0.3 is 14.5 Å². The smallest absolute Gasteiger partial charge is 0.379 e. The third-order valence-corrected chi connectivity index (χ3v) is 6.42. The highest BCUT2D eigenvalue weighted by Gasteiger charge is 2.44. The fourth-order valence-corrected chi connectivity index (χ4v) is 4.41. The summed E-state index contributed by atoms with van der Waals surface area (Å²) in [5.74, 6) is -0.387. The Morgan fingerprint density at radius 1 is 1.24 bits per heavy atom. The van der Waals surface area contributed by atoms with E-state index >= 15 is 0 Å². The molecule has 4 nitrogen and oxygen atoms in total. The molecule has 0 aromatic carbocycles. The molecule has 0 N–H and O–H groups in total. The number of hydrogen-bond acceptors (Lipinski definition) is 4. The van der Waals surface area contributed by atoms with Gasteiger partial charge in [0.2, 0.25) is 0 Å². The molecule has 0 rings (SSSR count). The van der Waals surface area contributed by atoms with E-state index in [1.165, 1.54) is 0 Å². The Labute approximate surface area is 105 Å². The zero-order chi connectivity index (χ0) is 13.5. The highest BCUT2D eigenvalue weighted by atomic mass is 28.4. The summed E-state index contributed by atoms with van der Waals surface area (Å²) < 4.78 is 16.9. The summed E-state index contributed by atoms with van der Waals surface area (Å²) >= 11 is 0. The molecule has 5 heteroatoms. The van der Waals surface area contributed by atoms with Crippen molar-refractivity contribution >= 4 is 14.5 Å². The molecule has 0 radical (unpaired) electrons. The molecular formula is C12H24O4Si. The van der Waals surface area contributed by atoms with Crippen LogP contribution in [0.5, 0.6) is 0 Å². The average molecular weight is 260 g/mol. The number of esters is 1. The van der Waals surface area contributed by atoms with Crippen LogP contribution in [0.15, 0.2) is 12.2 Å². The van der Waals surface area contributed by atoms with Gasteiger partial charge in [-0.25, -0.2) is 4.79 Å². The summed E-state index contributed by atoms with van der Waals surface area (Å²) in [7, 11) is -2.47. The molecule has 100 valence electrons. The number of rotatable bonds is 8. The lowest BCUT2D eigenvalue weighted by atomic mass is 10.4. The van der Waals surface area contributed by atoms with E-state index in [4.69, 9.17) is 13.6 Å². The van der Waals surface area contributed by atoms with Crippen molar-refractivity contribution in [2.75, 3.05) is 13.2 Å². The maximum Gasteiger partial charge on any atom is 0.379 e. The van der Waals surface area contributed by atoms with Crippen LogP contribution in [0.4, 0.5) is 0 Å². The summed E-state index contributed by atoms with van der Waals surface area (Å²) in [6, 6.07) is 0.749. The van der Waals surface area contributed by atoms with Crippen molar-refractivity contribution in [2.24, 2.45) is 0 Å². The van der Waals surface area contributed by atoms with E-state index in [1.807, 2.05) is 27.7 Å². The van der Waals surface area contributed by atoms with Crippen molar-refractivity contribution in [1.29, 1.82) is 0 Å². The van der Waals surface area contributed by atoms with Crippen LogP contribution in [0.2, 0.25) is 6.04 Å². The Morgan fingerprint density at radius 3 is 2.00 bits per heavy atom. The van der Waals surface area contributed by atoms with E-state index in [0.29, 0.717) is 18.8 Å². The molecular weight excluding hydrogens is 236 g/mol. The van der Waals surface area contributed by atoms with Gasteiger partial charge in [-0.1, -0.05) is 13.5 Å². The van der Waals surface area contributed by atoms with E-state index < -0.39 is 8.56 Å². The van der Waals surface area contributed by atoms with Gasteiger partial charge in [0, 0.05) is 18.8 Å². The predicted octanol–water partition coefficient (Wildman–Crippen LogP) is 2.57. The standard InChI is InChI=1S/C12H24O4Si/c1-7-14-17(9-3,15-8-2)11(6)16-12(13)10(4)5/h11H,4,7-9H2,1-3,5-6H3. The molecule has 0 aliphatic heterocycles. The molecule has 0 aromatic rings. The van der Waals surface area contributed by atoms with Crippen LogP contribution >= 0.6 is 0 Å². The fraction of sp³-hybridized carbons (Fsp3) is 0.750. The Balaban J connectivity index is 4.77. The van der Waals surface area contributed by atoms with Crippen molar-refractivity contribution in [3.05, 3.63) is 12.2 Å². The second-order valence-corrected chi connectivity index (χ2v) is 7.58. The second-order valence-electron chi connectivity index (χ2n) is 3.86. The van der Waals surface area contributed by atoms with Crippen molar-refractivity contribution in [1.82, 2.24) is 0 Å². The molecule has 0 aromatic heterocycles. The van der Waals surface area contributed by atoms with Gasteiger partial charge in [0.1, 0.15) is 5.73 Å². The Hall–Kier alpha value is -0.653. The Morgan fingerprint density at radius 2 is 1.71 bits per heavy atom. The van der Waals surface area contributed by atoms with Gasteiger partial charge in [0.05, 0.1) is 0 Å². The number of hydrogen-bond donors (Lipinski definition) is 0. The molecule has 0 saturated heterocycles. The van der Waals surface area contributed by atoms with Gasteiger partial charge in [-0.2, -0.15) is 0 Å². The minimum Gasteiger partial charge on any atom is -0.457 e. The Kier molecular flexibility index (Phi) is 7.34. The van der Waals surface area contributed by atoms with Crippen molar-refractivity contribution in [3.63, 3.8) is 0 Å². The van der Waals surface area contributed by atoms with Crippen molar-refractivity contribution < 1.29 is 18.4 Å². The summed E-state index contributed by atoms with van der Waals surface area (Å²) in [4.78, 5) is 11.5. The Bertz CT molecular complexity index is 259. The molecule has 17 heavy (non-hydrogen) atoms. The molecule has 1 unspecified atom stereocenters. The van der Waals surface area contributed by atoms with Gasteiger partial charge in [0.15, 0.2) is 0 Å². The van der Waals surface area contributed by atoms with Crippen LogP contribution in [-0.2, 0) is 18.4 Å². The normalized spacial score (nSPS) is 13.2. The first-order chi connectivity index (χ1) is 7.93. The highest BCUT2D eigenvalue weighted by molar-refractivity contribution is 6.68. The predicted molar refractivity (Wildman–Crippen MR) is 69.9 cm³/mol. The SMILES string of the molecule is C=C(C)C(=O)OC(C)[Si](CC)(OCC)OCC. The van der Waals surface area contributed by atoms with E-state index in [-0.39, 0.29) is 11.7 Å². The van der Waals surface area contributed by atoms with Gasteiger partial charge in [0.25, 0.3) is 0 Å². The second kappa shape index (κ2) is 7.63. The maximum absolute atomic E-state index is 11.5. The molecule has 0 bridgehead atoms. The molecule has 0 saturated carbocycles. The number of carbonyl (C=O) groups excluding carboxylic acids is 1. The first-order valence-corrected chi connectivity index (χ1v) is 8.17.